The van der Waals surface area contributed by atoms with Crippen molar-refractivity contribution in [3.63, 3.8) is 0 Å². The van der Waals surface area contributed by atoms with Gasteiger partial charge in [0.25, 0.3) is 0 Å². The van der Waals surface area contributed by atoms with E-state index in [2.05, 4.69) is 9.97 Å². The molecule has 0 saturated heterocycles. The van der Waals surface area contributed by atoms with Gasteiger partial charge in [0, 0.05) is 5.39 Å². The molecule has 0 atom stereocenters. The summed E-state index contributed by atoms with van der Waals surface area (Å²) in [7, 11) is 0. The summed E-state index contributed by atoms with van der Waals surface area (Å²) in [5.41, 5.74) is 1.75. The first-order valence-electron chi connectivity index (χ1n) is 5.90. The van der Waals surface area contributed by atoms with Crippen LogP contribution in [0.3, 0.4) is 0 Å². The third kappa shape index (κ3) is 2.68. The lowest BCUT2D eigenvalue weighted by Crippen LogP contribution is -1.99. The van der Waals surface area contributed by atoms with E-state index in [1.54, 1.807) is 6.07 Å². The van der Waals surface area contributed by atoms with E-state index in [0.29, 0.717) is 12.4 Å². The van der Waals surface area contributed by atoms with Crippen LogP contribution in [0.2, 0.25) is 0 Å². The van der Waals surface area contributed by atoms with E-state index in [4.69, 9.17) is 4.74 Å². The van der Waals surface area contributed by atoms with Crippen LogP contribution in [0.1, 0.15) is 5.69 Å². The highest BCUT2D eigenvalue weighted by Gasteiger charge is 2.00. The molecule has 0 N–H and O–H groups in total. The number of ether oxygens (including phenoxy) is 1. The number of benzene rings is 1. The van der Waals surface area contributed by atoms with Gasteiger partial charge >= 0.3 is 0 Å². The van der Waals surface area contributed by atoms with Crippen molar-refractivity contribution in [2.24, 2.45) is 0 Å². The summed E-state index contributed by atoms with van der Waals surface area (Å²) in [6, 6.07) is 14.6. The Hall–Kier alpha value is -2.49. The fraction of sp³-hybridized carbons (Fsp3) is 0.0667. The Morgan fingerprint density at radius 3 is 2.74 bits per heavy atom. The second kappa shape index (κ2) is 5.02. The Balaban J connectivity index is 1.76. The van der Waals surface area contributed by atoms with E-state index < -0.39 is 5.95 Å². The van der Waals surface area contributed by atoms with Crippen LogP contribution in [0.15, 0.2) is 54.7 Å². The molecular formula is C15H11FN2O. The third-order valence-electron chi connectivity index (χ3n) is 2.74. The van der Waals surface area contributed by atoms with Crippen LogP contribution >= 0.6 is 0 Å². The minimum atomic E-state index is -0.517. The van der Waals surface area contributed by atoms with Gasteiger partial charge in [-0.2, -0.15) is 4.39 Å². The molecule has 1 aromatic carbocycles. The molecular weight excluding hydrogens is 243 g/mol. The number of para-hydroxylation sites is 1. The molecule has 3 nitrogen and oxygen atoms in total. The monoisotopic (exact) mass is 254 g/mol. The molecule has 94 valence electrons. The molecule has 0 saturated carbocycles. The highest BCUT2D eigenvalue weighted by molar-refractivity contribution is 5.78. The Kier molecular flexibility index (Phi) is 3.06. The van der Waals surface area contributed by atoms with Crippen molar-refractivity contribution in [2.75, 3.05) is 0 Å². The summed E-state index contributed by atoms with van der Waals surface area (Å²) >= 11 is 0. The molecule has 0 fully saturated rings. The largest absolute Gasteiger partial charge is 0.486 e. The summed E-state index contributed by atoms with van der Waals surface area (Å²) in [6.07, 6.45) is 1.36. The number of halogens is 1. The zero-order valence-electron chi connectivity index (χ0n) is 10.1. The molecule has 2 heterocycles. The fourth-order valence-electron chi connectivity index (χ4n) is 1.79. The molecule has 3 rings (SSSR count). The molecule has 2 aromatic heterocycles. The molecule has 4 heteroatoms. The first-order valence-corrected chi connectivity index (χ1v) is 5.90. The van der Waals surface area contributed by atoms with E-state index in [0.717, 1.165) is 16.6 Å². The van der Waals surface area contributed by atoms with E-state index in [1.807, 2.05) is 36.4 Å². The van der Waals surface area contributed by atoms with Gasteiger partial charge < -0.3 is 4.74 Å². The maximum absolute atomic E-state index is 12.6. The van der Waals surface area contributed by atoms with Gasteiger partial charge in [-0.25, -0.2) is 9.97 Å². The van der Waals surface area contributed by atoms with Crippen LogP contribution in [0.25, 0.3) is 10.9 Å². The first kappa shape index (κ1) is 11.6. The van der Waals surface area contributed by atoms with Gasteiger partial charge in [-0.1, -0.05) is 24.3 Å². The molecule has 19 heavy (non-hydrogen) atoms. The van der Waals surface area contributed by atoms with Gasteiger partial charge in [0.05, 0.1) is 17.4 Å². The molecule has 0 unspecified atom stereocenters. The average Bonchev–Trinajstić information content (AvgIpc) is 2.46. The van der Waals surface area contributed by atoms with Crippen LogP contribution in [0.5, 0.6) is 5.75 Å². The Bertz CT molecular complexity index is 698. The smallest absolute Gasteiger partial charge is 0.213 e. The predicted molar refractivity (Wildman–Crippen MR) is 70.3 cm³/mol. The molecule has 0 spiro atoms. The molecule has 0 aliphatic rings. The van der Waals surface area contributed by atoms with E-state index in [9.17, 15) is 4.39 Å². The second-order valence-electron chi connectivity index (χ2n) is 4.10. The standard InChI is InChI=1S/C15H11FN2O/c16-15-8-7-13(9-17-15)19-10-12-6-5-11-3-1-2-4-14(11)18-12/h1-9H,10H2. The average molecular weight is 254 g/mol. The van der Waals surface area contributed by atoms with Crippen LogP contribution in [0.4, 0.5) is 4.39 Å². The van der Waals surface area contributed by atoms with Crippen LogP contribution in [-0.4, -0.2) is 9.97 Å². The number of nitrogens with zero attached hydrogens (tertiary/aromatic N) is 2. The van der Waals surface area contributed by atoms with Crippen LogP contribution < -0.4 is 4.74 Å². The van der Waals surface area contributed by atoms with E-state index in [1.165, 1.54) is 12.3 Å². The van der Waals surface area contributed by atoms with Crippen molar-refractivity contribution in [3.8, 4) is 5.75 Å². The van der Waals surface area contributed by atoms with Gasteiger partial charge in [-0.3, -0.25) is 0 Å². The molecule has 3 aromatic rings. The third-order valence-corrected chi connectivity index (χ3v) is 2.74. The molecule has 0 radical (unpaired) electrons. The van der Waals surface area contributed by atoms with Gasteiger partial charge in [-0.15, -0.1) is 0 Å². The summed E-state index contributed by atoms with van der Waals surface area (Å²) in [5.74, 6) is 0.00698. The maximum atomic E-state index is 12.6. The predicted octanol–water partition coefficient (Wildman–Crippen LogP) is 3.35. The van der Waals surface area contributed by atoms with Crippen LogP contribution in [-0.2, 0) is 6.61 Å². The Morgan fingerprint density at radius 2 is 1.89 bits per heavy atom. The maximum Gasteiger partial charge on any atom is 0.213 e. The topological polar surface area (TPSA) is 35.0 Å². The highest BCUT2D eigenvalue weighted by atomic mass is 19.1. The Labute approximate surface area is 109 Å². The van der Waals surface area contributed by atoms with Crippen molar-refractivity contribution in [1.82, 2.24) is 9.97 Å². The summed E-state index contributed by atoms with van der Waals surface area (Å²) in [6.45, 7) is 0.331. The van der Waals surface area contributed by atoms with E-state index >= 15 is 0 Å². The van der Waals surface area contributed by atoms with Crippen molar-refractivity contribution in [2.45, 2.75) is 6.61 Å². The van der Waals surface area contributed by atoms with Gasteiger partial charge in [0.1, 0.15) is 12.4 Å². The van der Waals surface area contributed by atoms with Crippen molar-refractivity contribution < 1.29 is 9.13 Å². The number of pyridine rings is 2. The molecule has 0 aliphatic carbocycles. The van der Waals surface area contributed by atoms with E-state index in [-0.39, 0.29) is 0 Å². The number of aromatic nitrogens is 2. The SMILES string of the molecule is Fc1ccc(OCc2ccc3ccccc3n2)cn1. The highest BCUT2D eigenvalue weighted by Crippen LogP contribution is 2.14. The fourth-order valence-corrected chi connectivity index (χ4v) is 1.79. The Morgan fingerprint density at radius 1 is 1.00 bits per heavy atom. The van der Waals surface area contributed by atoms with Gasteiger partial charge in [0.15, 0.2) is 0 Å². The summed E-state index contributed by atoms with van der Waals surface area (Å²) in [4.78, 5) is 8.02. The van der Waals surface area contributed by atoms with Crippen molar-refractivity contribution >= 4 is 10.9 Å². The van der Waals surface area contributed by atoms with Crippen molar-refractivity contribution in [1.29, 1.82) is 0 Å². The van der Waals surface area contributed by atoms with Crippen molar-refractivity contribution in [3.05, 3.63) is 66.4 Å². The lowest BCUT2D eigenvalue weighted by Gasteiger charge is -2.06. The molecule has 0 aliphatic heterocycles. The summed E-state index contributed by atoms with van der Waals surface area (Å²) in [5, 5.41) is 1.09. The number of hydrogen-bond donors (Lipinski definition) is 0. The number of hydrogen-bond acceptors (Lipinski definition) is 3. The lowest BCUT2D eigenvalue weighted by molar-refractivity contribution is 0.299. The lowest BCUT2D eigenvalue weighted by atomic mass is 10.2. The second-order valence-corrected chi connectivity index (χ2v) is 4.10. The number of fused-ring (bicyclic) bond motifs is 1. The quantitative estimate of drug-likeness (QED) is 0.672. The minimum absolute atomic E-state index is 0.331. The minimum Gasteiger partial charge on any atom is -0.486 e. The molecule has 0 amide bonds. The van der Waals surface area contributed by atoms with Crippen LogP contribution in [0, 0.1) is 5.95 Å². The first-order chi connectivity index (χ1) is 9.31. The zero-order valence-corrected chi connectivity index (χ0v) is 10.1. The van der Waals surface area contributed by atoms with Gasteiger partial charge in [-0.05, 0) is 24.3 Å². The van der Waals surface area contributed by atoms with Gasteiger partial charge in [0.2, 0.25) is 5.95 Å². The zero-order chi connectivity index (χ0) is 13.1. The summed E-state index contributed by atoms with van der Waals surface area (Å²) < 4.78 is 18.1. The number of rotatable bonds is 3. The normalized spacial score (nSPS) is 10.6. The molecule has 0 bridgehead atoms.